The van der Waals surface area contributed by atoms with Crippen molar-refractivity contribution >= 4 is 17.9 Å². The normalized spacial score (nSPS) is 10.0. The fourth-order valence-corrected chi connectivity index (χ4v) is 1.51. The Hall–Kier alpha value is -2.91. The number of esters is 1. The molecule has 128 valence electrons. The largest absolute Gasteiger partial charge is 0.461 e. The smallest absolute Gasteiger partial charge is 0.344 e. The molecule has 24 heavy (non-hydrogen) atoms. The zero-order chi connectivity index (χ0) is 18.3. The fraction of sp³-hybridized carbons (Fsp3) is 0.231. The Balaban J connectivity index is 2.86. The number of azide groups is 1. The molecule has 1 aromatic rings. The van der Waals surface area contributed by atoms with Crippen LogP contribution in [0.1, 0.15) is 10.4 Å². The van der Waals surface area contributed by atoms with Gasteiger partial charge in [-0.2, -0.15) is 0 Å². The summed E-state index contributed by atoms with van der Waals surface area (Å²) in [7, 11) is 0. The summed E-state index contributed by atoms with van der Waals surface area (Å²) >= 11 is 0. The highest BCUT2D eigenvalue weighted by Crippen LogP contribution is 2.30. The van der Waals surface area contributed by atoms with E-state index in [2.05, 4.69) is 21.7 Å². The number of benzene rings is 1. The van der Waals surface area contributed by atoms with Gasteiger partial charge in [0, 0.05) is 18.0 Å². The number of aldehydes is 1. The molecule has 1 aromatic carbocycles. The highest BCUT2D eigenvalue weighted by molar-refractivity contribution is 5.90. The van der Waals surface area contributed by atoms with Crippen molar-refractivity contribution in [3.05, 3.63) is 51.4 Å². The van der Waals surface area contributed by atoms with Crippen LogP contribution in [-0.2, 0) is 9.53 Å². The van der Waals surface area contributed by atoms with E-state index in [-0.39, 0.29) is 18.7 Å². The van der Waals surface area contributed by atoms with Crippen molar-refractivity contribution in [3.8, 4) is 0 Å². The zero-order valence-corrected chi connectivity index (χ0v) is 12.0. The van der Waals surface area contributed by atoms with Crippen LogP contribution < -0.4 is 5.32 Å². The zero-order valence-electron chi connectivity index (χ0n) is 12.0. The van der Waals surface area contributed by atoms with Crippen LogP contribution in [-0.4, -0.2) is 32.0 Å². The molecule has 0 amide bonds. The summed E-state index contributed by atoms with van der Waals surface area (Å²) in [4.78, 5) is 23.9. The van der Waals surface area contributed by atoms with Gasteiger partial charge in [-0.3, -0.25) is 4.79 Å². The van der Waals surface area contributed by atoms with Gasteiger partial charge in [-0.05, 0) is 11.1 Å². The van der Waals surface area contributed by atoms with Crippen LogP contribution >= 0.6 is 0 Å². The summed E-state index contributed by atoms with van der Waals surface area (Å²) in [5.41, 5.74) is 5.21. The molecule has 0 saturated carbocycles. The molecule has 0 saturated heterocycles. The van der Waals surface area contributed by atoms with Crippen molar-refractivity contribution in [2.75, 3.05) is 19.7 Å². The van der Waals surface area contributed by atoms with Crippen LogP contribution in [0, 0.1) is 23.3 Å². The Morgan fingerprint density at radius 3 is 2.33 bits per heavy atom. The number of nitrogens with zero attached hydrogens (tertiary/aromatic N) is 3. The van der Waals surface area contributed by atoms with Crippen LogP contribution in [0.4, 0.5) is 23.2 Å². The second-order valence-corrected chi connectivity index (χ2v) is 4.26. The van der Waals surface area contributed by atoms with Crippen LogP contribution in [0.3, 0.4) is 0 Å². The molecule has 0 radical (unpaired) electrons. The van der Waals surface area contributed by atoms with Gasteiger partial charge < -0.3 is 10.1 Å². The summed E-state index contributed by atoms with van der Waals surface area (Å²) in [6.07, 6.45) is 0.501. The summed E-state index contributed by atoms with van der Waals surface area (Å²) in [5, 5.41) is 5.11. The molecule has 0 aliphatic carbocycles. The first-order valence-electron chi connectivity index (χ1n) is 6.27. The standard InChI is InChI=1S/C13H10F4N4O3/c1-6(5-22)4-19-2-3-24-13(23)7-8(14)10(16)12(20-21-18)11(17)9(7)15/h5,19H,1-4H2. The lowest BCUT2D eigenvalue weighted by Gasteiger charge is -2.10. The molecule has 0 aliphatic heterocycles. The molecule has 0 aliphatic rings. The van der Waals surface area contributed by atoms with Gasteiger partial charge in [-0.15, -0.1) is 0 Å². The van der Waals surface area contributed by atoms with Crippen molar-refractivity contribution in [2.24, 2.45) is 5.11 Å². The van der Waals surface area contributed by atoms with Gasteiger partial charge in [0.15, 0.2) is 23.3 Å². The highest BCUT2D eigenvalue weighted by Gasteiger charge is 2.29. The van der Waals surface area contributed by atoms with Crippen molar-refractivity contribution < 1.29 is 31.9 Å². The third-order valence-corrected chi connectivity index (χ3v) is 2.62. The van der Waals surface area contributed by atoms with E-state index in [1.807, 2.05) is 4.91 Å². The average molecular weight is 346 g/mol. The van der Waals surface area contributed by atoms with Gasteiger partial charge in [-0.1, -0.05) is 11.7 Å². The minimum Gasteiger partial charge on any atom is -0.461 e. The average Bonchev–Trinajstić information content (AvgIpc) is 2.56. The Morgan fingerprint density at radius 2 is 1.83 bits per heavy atom. The van der Waals surface area contributed by atoms with Gasteiger partial charge in [0.25, 0.3) is 0 Å². The second-order valence-electron chi connectivity index (χ2n) is 4.26. The van der Waals surface area contributed by atoms with Crippen LogP contribution in [0.5, 0.6) is 0 Å². The molecule has 7 nitrogen and oxygen atoms in total. The number of carbonyl (C=O) groups is 2. The molecule has 11 heteroatoms. The molecule has 0 unspecified atom stereocenters. The molecule has 0 bridgehead atoms. The van der Waals surface area contributed by atoms with E-state index < -0.39 is 47.1 Å². The van der Waals surface area contributed by atoms with Crippen molar-refractivity contribution in [1.82, 2.24) is 5.32 Å². The number of hydrogen-bond donors (Lipinski definition) is 1. The third-order valence-electron chi connectivity index (χ3n) is 2.62. The number of rotatable bonds is 8. The Bertz CT molecular complexity index is 703. The molecule has 0 atom stereocenters. The van der Waals surface area contributed by atoms with E-state index in [4.69, 9.17) is 5.53 Å². The number of halogens is 4. The predicted octanol–water partition coefficient (Wildman–Crippen LogP) is 2.69. The Labute approximate surface area is 132 Å². The lowest BCUT2D eigenvalue weighted by Crippen LogP contribution is -2.24. The topological polar surface area (TPSA) is 104 Å². The monoisotopic (exact) mass is 346 g/mol. The summed E-state index contributed by atoms with van der Waals surface area (Å²) in [5.74, 6) is -9.75. The van der Waals surface area contributed by atoms with Gasteiger partial charge in [0.2, 0.25) is 0 Å². The number of carbonyl (C=O) groups excluding carboxylic acids is 2. The van der Waals surface area contributed by atoms with Gasteiger partial charge in [0.1, 0.15) is 24.1 Å². The van der Waals surface area contributed by atoms with Crippen molar-refractivity contribution in [3.63, 3.8) is 0 Å². The molecule has 0 spiro atoms. The van der Waals surface area contributed by atoms with E-state index in [1.54, 1.807) is 0 Å². The molecular weight excluding hydrogens is 336 g/mol. The van der Waals surface area contributed by atoms with E-state index >= 15 is 0 Å². The van der Waals surface area contributed by atoms with Crippen LogP contribution in [0.15, 0.2) is 17.3 Å². The van der Waals surface area contributed by atoms with Gasteiger partial charge in [-0.25, -0.2) is 22.4 Å². The SMILES string of the molecule is C=C(C=O)CNCCOC(=O)c1c(F)c(F)c(N=[N+]=[N-])c(F)c1F. The first kappa shape index (κ1) is 19.1. The van der Waals surface area contributed by atoms with E-state index in [0.29, 0.717) is 6.29 Å². The molecular formula is C13H10F4N4O3. The number of ether oxygens (including phenoxy) is 1. The van der Waals surface area contributed by atoms with Crippen LogP contribution in [0.2, 0.25) is 0 Å². The summed E-state index contributed by atoms with van der Waals surface area (Å²) in [6.45, 7) is 3.05. The Kier molecular flexibility index (Phi) is 6.90. The first-order valence-corrected chi connectivity index (χ1v) is 6.27. The molecule has 0 fully saturated rings. The molecule has 0 aromatic heterocycles. The van der Waals surface area contributed by atoms with Gasteiger partial charge in [0.05, 0.1) is 0 Å². The molecule has 0 heterocycles. The van der Waals surface area contributed by atoms with Crippen LogP contribution in [0.25, 0.3) is 10.4 Å². The Morgan fingerprint density at radius 1 is 1.25 bits per heavy atom. The quantitative estimate of drug-likeness (QED) is 0.0899. The fourth-order valence-electron chi connectivity index (χ4n) is 1.51. The van der Waals surface area contributed by atoms with Gasteiger partial charge >= 0.3 is 5.97 Å². The lowest BCUT2D eigenvalue weighted by molar-refractivity contribution is -0.104. The first-order chi connectivity index (χ1) is 11.3. The lowest BCUT2D eigenvalue weighted by atomic mass is 10.1. The maximum absolute atomic E-state index is 13.7. The molecule has 1 N–H and O–H groups in total. The second kappa shape index (κ2) is 8.65. The van der Waals surface area contributed by atoms with E-state index in [9.17, 15) is 27.2 Å². The minimum atomic E-state index is -2.04. The predicted molar refractivity (Wildman–Crippen MR) is 73.4 cm³/mol. The van der Waals surface area contributed by atoms with E-state index in [1.165, 1.54) is 0 Å². The maximum Gasteiger partial charge on any atom is 0.344 e. The molecule has 1 rings (SSSR count). The van der Waals surface area contributed by atoms with Crippen molar-refractivity contribution in [2.45, 2.75) is 0 Å². The maximum atomic E-state index is 13.7. The third kappa shape index (κ3) is 4.31. The minimum absolute atomic E-state index is 0.0103. The van der Waals surface area contributed by atoms with E-state index in [0.717, 1.165) is 0 Å². The van der Waals surface area contributed by atoms with Crippen molar-refractivity contribution in [1.29, 1.82) is 0 Å². The summed E-state index contributed by atoms with van der Waals surface area (Å²) < 4.78 is 58.8. The highest BCUT2D eigenvalue weighted by atomic mass is 19.2. The number of hydrogen-bond acceptors (Lipinski definition) is 5. The summed E-state index contributed by atoms with van der Waals surface area (Å²) in [6, 6.07) is 0. The number of nitrogens with one attached hydrogen (secondary N) is 1.